The van der Waals surface area contributed by atoms with Crippen molar-refractivity contribution >= 4 is 32.7 Å². The molecule has 0 aliphatic carbocycles. The Labute approximate surface area is 275 Å². The Balaban J connectivity index is 1.15. The summed E-state index contributed by atoms with van der Waals surface area (Å²) in [5, 5.41) is 4.26. The maximum Gasteiger partial charge on any atom is 0.164 e. The van der Waals surface area contributed by atoms with E-state index in [0.29, 0.717) is 17.5 Å². The minimum absolute atomic E-state index is 0.617. The van der Waals surface area contributed by atoms with Crippen molar-refractivity contribution in [3.8, 4) is 67.9 Å². The van der Waals surface area contributed by atoms with Crippen molar-refractivity contribution in [2.24, 2.45) is 0 Å². The summed E-state index contributed by atoms with van der Waals surface area (Å²) >= 11 is 0. The second kappa shape index (κ2) is 10.5. The van der Waals surface area contributed by atoms with Gasteiger partial charge in [-0.05, 0) is 46.8 Å². The zero-order valence-electron chi connectivity index (χ0n) is 25.6. The van der Waals surface area contributed by atoms with Crippen LogP contribution in [0.25, 0.3) is 89.1 Å². The molecule has 0 spiro atoms. The molecule has 0 bridgehead atoms. The molecule has 5 heteroatoms. The van der Waals surface area contributed by atoms with Gasteiger partial charge in [0.1, 0.15) is 22.7 Å². The van der Waals surface area contributed by atoms with Crippen molar-refractivity contribution in [1.29, 1.82) is 0 Å². The molecule has 0 saturated carbocycles. The van der Waals surface area contributed by atoms with E-state index < -0.39 is 0 Å². The minimum atomic E-state index is 0.617. The Hall–Kier alpha value is -6.59. The normalized spacial score (nSPS) is 11.9. The summed E-state index contributed by atoms with van der Waals surface area (Å²) in [4.78, 5) is 14.9. The molecule has 2 aromatic heterocycles. The quantitative estimate of drug-likeness (QED) is 0.197. The van der Waals surface area contributed by atoms with Crippen molar-refractivity contribution in [2.75, 3.05) is 0 Å². The first-order chi connectivity index (χ1) is 23.8. The number of aromatic nitrogens is 3. The van der Waals surface area contributed by atoms with E-state index in [1.165, 1.54) is 0 Å². The molecule has 5 nitrogen and oxygen atoms in total. The van der Waals surface area contributed by atoms with Gasteiger partial charge in [-0.1, -0.05) is 121 Å². The predicted octanol–water partition coefficient (Wildman–Crippen LogP) is 11.4. The molecule has 0 fully saturated rings. The van der Waals surface area contributed by atoms with Crippen LogP contribution in [-0.2, 0) is 0 Å². The summed E-state index contributed by atoms with van der Waals surface area (Å²) in [5.74, 6) is 3.53. The van der Waals surface area contributed by atoms with Crippen LogP contribution in [0.15, 0.2) is 156 Å². The number of para-hydroxylation sites is 2. The number of furan rings is 1. The van der Waals surface area contributed by atoms with E-state index in [4.69, 9.17) is 24.1 Å². The molecule has 224 valence electrons. The Bertz CT molecular complexity index is 2640. The first-order valence-electron chi connectivity index (χ1n) is 15.9. The van der Waals surface area contributed by atoms with Crippen LogP contribution < -0.4 is 4.74 Å². The lowest BCUT2D eigenvalue weighted by atomic mass is 9.89. The van der Waals surface area contributed by atoms with Crippen LogP contribution in [0.3, 0.4) is 0 Å². The number of benzene rings is 7. The van der Waals surface area contributed by atoms with Crippen molar-refractivity contribution < 1.29 is 9.15 Å². The lowest BCUT2D eigenvalue weighted by Gasteiger charge is -2.24. The monoisotopic (exact) mass is 615 g/mol. The SMILES string of the molecule is c1ccc(-c2nc(-c3ccccc3)nc(-c3ccc4c5c(cccc35)-c3cccc(-c5ccc6oc7ccccc7c6c5)c3O4)n2)cc1. The summed E-state index contributed by atoms with van der Waals surface area (Å²) in [6.07, 6.45) is 0. The van der Waals surface area contributed by atoms with Crippen LogP contribution >= 0.6 is 0 Å². The number of nitrogens with zero attached hydrogens (tertiary/aromatic N) is 3. The zero-order chi connectivity index (χ0) is 31.6. The molecule has 0 radical (unpaired) electrons. The van der Waals surface area contributed by atoms with Gasteiger partial charge in [-0.15, -0.1) is 0 Å². The molecular formula is C43H25N3O2. The van der Waals surface area contributed by atoms with Crippen LogP contribution in [0.2, 0.25) is 0 Å². The summed E-state index contributed by atoms with van der Waals surface area (Å²) in [5.41, 5.74) is 8.82. The molecule has 10 rings (SSSR count). The molecule has 0 saturated heterocycles. The topological polar surface area (TPSA) is 61.0 Å². The van der Waals surface area contributed by atoms with E-state index in [1.54, 1.807) is 0 Å². The molecule has 0 atom stereocenters. The zero-order valence-corrected chi connectivity index (χ0v) is 25.6. The van der Waals surface area contributed by atoms with E-state index in [-0.39, 0.29) is 0 Å². The molecule has 9 aromatic rings. The fourth-order valence-electron chi connectivity index (χ4n) is 6.90. The third-order valence-electron chi connectivity index (χ3n) is 9.15. The van der Waals surface area contributed by atoms with Crippen LogP contribution in [-0.4, -0.2) is 15.0 Å². The third kappa shape index (κ3) is 4.15. The maximum absolute atomic E-state index is 6.82. The Morgan fingerprint density at radius 3 is 1.79 bits per heavy atom. The van der Waals surface area contributed by atoms with Gasteiger partial charge in [0.25, 0.3) is 0 Å². The average Bonchev–Trinajstić information content (AvgIpc) is 3.53. The van der Waals surface area contributed by atoms with Gasteiger partial charge < -0.3 is 9.15 Å². The highest BCUT2D eigenvalue weighted by atomic mass is 16.5. The maximum atomic E-state index is 6.82. The number of rotatable bonds is 4. The molecule has 0 unspecified atom stereocenters. The molecule has 0 amide bonds. The van der Waals surface area contributed by atoms with E-state index in [2.05, 4.69) is 66.7 Å². The van der Waals surface area contributed by atoms with E-state index in [0.717, 1.165) is 83.2 Å². The Morgan fingerprint density at radius 1 is 0.375 bits per heavy atom. The number of fused-ring (bicyclic) bond motifs is 5. The number of hydrogen-bond acceptors (Lipinski definition) is 5. The molecular weight excluding hydrogens is 590 g/mol. The Kier molecular flexibility index (Phi) is 5.81. The second-order valence-corrected chi connectivity index (χ2v) is 12.0. The fraction of sp³-hybridized carbons (Fsp3) is 0. The molecule has 1 aliphatic heterocycles. The summed E-state index contributed by atoms with van der Waals surface area (Å²) in [7, 11) is 0. The van der Waals surface area contributed by atoms with Gasteiger partial charge in [0.2, 0.25) is 0 Å². The minimum Gasteiger partial charge on any atom is -0.456 e. The average molecular weight is 616 g/mol. The molecule has 1 aliphatic rings. The number of hydrogen-bond donors (Lipinski definition) is 0. The van der Waals surface area contributed by atoms with Crippen LogP contribution in [0, 0.1) is 0 Å². The summed E-state index contributed by atoms with van der Waals surface area (Å²) < 4.78 is 12.9. The van der Waals surface area contributed by atoms with Crippen LogP contribution in [0.1, 0.15) is 0 Å². The first kappa shape index (κ1) is 26.6. The van der Waals surface area contributed by atoms with Crippen LogP contribution in [0.4, 0.5) is 0 Å². The smallest absolute Gasteiger partial charge is 0.164 e. The van der Waals surface area contributed by atoms with Gasteiger partial charge in [0.15, 0.2) is 17.5 Å². The van der Waals surface area contributed by atoms with Gasteiger partial charge in [-0.3, -0.25) is 0 Å². The lowest BCUT2D eigenvalue weighted by molar-refractivity contribution is 0.489. The van der Waals surface area contributed by atoms with E-state index >= 15 is 0 Å². The van der Waals surface area contributed by atoms with Crippen molar-refractivity contribution in [3.63, 3.8) is 0 Å². The van der Waals surface area contributed by atoms with Crippen molar-refractivity contribution in [1.82, 2.24) is 15.0 Å². The molecule has 48 heavy (non-hydrogen) atoms. The molecule has 3 heterocycles. The highest BCUT2D eigenvalue weighted by Crippen LogP contribution is 2.51. The van der Waals surface area contributed by atoms with Gasteiger partial charge in [-0.25, -0.2) is 15.0 Å². The van der Waals surface area contributed by atoms with Crippen molar-refractivity contribution in [2.45, 2.75) is 0 Å². The first-order valence-corrected chi connectivity index (χ1v) is 15.9. The van der Waals surface area contributed by atoms with Gasteiger partial charge >= 0.3 is 0 Å². The highest BCUT2D eigenvalue weighted by Gasteiger charge is 2.25. The summed E-state index contributed by atoms with van der Waals surface area (Å²) in [6.45, 7) is 0. The van der Waals surface area contributed by atoms with Gasteiger partial charge in [0.05, 0.1) is 0 Å². The van der Waals surface area contributed by atoms with Gasteiger partial charge in [-0.2, -0.15) is 0 Å². The second-order valence-electron chi connectivity index (χ2n) is 12.0. The standard InChI is InChI=1S/C43H25N3O2/c1-3-11-26(12-4-1)41-44-42(27-13-5-2-6-14-27)46-43(45-41)34-22-24-38-39-31(17-10-18-32(34)39)33-19-9-16-29(40(33)48-38)28-21-23-37-35(25-28)30-15-7-8-20-36(30)47-37/h1-25H. The van der Waals surface area contributed by atoms with Gasteiger partial charge in [0, 0.05) is 44.0 Å². The molecule has 7 aromatic carbocycles. The lowest BCUT2D eigenvalue weighted by Crippen LogP contribution is -2.02. The number of ether oxygens (including phenoxy) is 1. The Morgan fingerprint density at radius 2 is 1.00 bits per heavy atom. The molecule has 0 N–H and O–H groups in total. The summed E-state index contributed by atoms with van der Waals surface area (Å²) in [6, 6.07) is 51.5. The van der Waals surface area contributed by atoms with Crippen LogP contribution in [0.5, 0.6) is 11.5 Å². The van der Waals surface area contributed by atoms with E-state index in [9.17, 15) is 0 Å². The highest BCUT2D eigenvalue weighted by molar-refractivity contribution is 6.11. The third-order valence-corrected chi connectivity index (χ3v) is 9.15. The van der Waals surface area contributed by atoms with Crippen molar-refractivity contribution in [3.05, 3.63) is 152 Å². The van der Waals surface area contributed by atoms with E-state index in [1.807, 2.05) is 84.9 Å². The fourth-order valence-corrected chi connectivity index (χ4v) is 6.90. The predicted molar refractivity (Wildman–Crippen MR) is 192 cm³/mol. The largest absolute Gasteiger partial charge is 0.456 e.